The molecule has 6 heteroatoms. The van der Waals surface area contributed by atoms with Crippen molar-refractivity contribution in [1.29, 1.82) is 0 Å². The van der Waals surface area contributed by atoms with Gasteiger partial charge in [0.05, 0.1) is 28.2 Å². The van der Waals surface area contributed by atoms with Crippen LogP contribution in [0.15, 0.2) is 66.7 Å². The Morgan fingerprint density at radius 3 is 2.62 bits per heavy atom. The maximum atomic E-state index is 12.5. The van der Waals surface area contributed by atoms with E-state index in [2.05, 4.69) is 41.9 Å². The molecule has 0 saturated heterocycles. The fourth-order valence-electron chi connectivity index (χ4n) is 3.96. The standard InChI is InChI=1S/C28H30ClN3O2/c1-20-13-14-22(19-21(20)2)34-18-8-7-17-32-26-12-6-5-11-25(26)31-27(32)15-16-30-28(33)23-9-3-4-10-24(23)29/h3-6,9-14,19H,7-8,15-18H2,1-2H3,(H,30,33). The number of nitrogens with zero attached hydrogens (tertiary/aromatic N) is 2. The van der Waals surface area contributed by atoms with Crippen molar-refractivity contribution in [2.45, 2.75) is 39.7 Å². The molecular weight excluding hydrogens is 446 g/mol. The lowest BCUT2D eigenvalue weighted by atomic mass is 10.1. The van der Waals surface area contributed by atoms with Gasteiger partial charge in [-0.05, 0) is 74.2 Å². The summed E-state index contributed by atoms with van der Waals surface area (Å²) in [6.45, 7) is 6.23. The summed E-state index contributed by atoms with van der Waals surface area (Å²) in [5, 5.41) is 3.42. The Bertz CT molecular complexity index is 1280. The number of fused-ring (bicyclic) bond motifs is 1. The Labute approximate surface area is 205 Å². The quantitative estimate of drug-likeness (QED) is 0.280. The van der Waals surface area contributed by atoms with Crippen molar-refractivity contribution < 1.29 is 9.53 Å². The van der Waals surface area contributed by atoms with Crippen molar-refractivity contribution in [3.63, 3.8) is 0 Å². The van der Waals surface area contributed by atoms with Crippen LogP contribution in [0.3, 0.4) is 0 Å². The van der Waals surface area contributed by atoms with E-state index in [9.17, 15) is 4.79 Å². The van der Waals surface area contributed by atoms with Gasteiger partial charge in [-0.2, -0.15) is 0 Å². The largest absolute Gasteiger partial charge is 0.494 e. The summed E-state index contributed by atoms with van der Waals surface area (Å²) in [4.78, 5) is 17.3. The van der Waals surface area contributed by atoms with Gasteiger partial charge in [0.15, 0.2) is 0 Å². The molecule has 176 valence electrons. The number of carbonyl (C=O) groups is 1. The Morgan fingerprint density at radius 1 is 1.00 bits per heavy atom. The number of amides is 1. The summed E-state index contributed by atoms with van der Waals surface area (Å²) >= 11 is 6.14. The number of unbranched alkanes of at least 4 members (excludes halogenated alkanes) is 1. The number of aromatic nitrogens is 2. The molecule has 0 aliphatic carbocycles. The van der Waals surface area contributed by atoms with E-state index in [0.717, 1.165) is 42.0 Å². The van der Waals surface area contributed by atoms with Crippen LogP contribution in [-0.2, 0) is 13.0 Å². The predicted octanol–water partition coefficient (Wildman–Crippen LogP) is 6.14. The number of rotatable bonds is 10. The zero-order valence-electron chi connectivity index (χ0n) is 19.7. The minimum absolute atomic E-state index is 0.170. The number of aryl methyl sites for hydroxylation is 3. The summed E-state index contributed by atoms with van der Waals surface area (Å²) in [5.41, 5.74) is 5.09. The molecule has 1 N–H and O–H groups in total. The number of para-hydroxylation sites is 2. The number of imidazole rings is 1. The molecule has 4 aromatic rings. The monoisotopic (exact) mass is 475 g/mol. The van der Waals surface area contributed by atoms with Gasteiger partial charge in [0.2, 0.25) is 0 Å². The molecule has 0 radical (unpaired) electrons. The topological polar surface area (TPSA) is 56.1 Å². The summed E-state index contributed by atoms with van der Waals surface area (Å²) in [7, 11) is 0. The lowest BCUT2D eigenvalue weighted by Crippen LogP contribution is -2.26. The highest BCUT2D eigenvalue weighted by Gasteiger charge is 2.12. The van der Waals surface area contributed by atoms with Gasteiger partial charge in [-0.25, -0.2) is 4.98 Å². The molecule has 4 rings (SSSR count). The SMILES string of the molecule is Cc1ccc(OCCCCn2c(CCNC(=O)c3ccccc3Cl)nc3ccccc32)cc1C. The molecule has 0 saturated carbocycles. The molecule has 0 atom stereocenters. The Morgan fingerprint density at radius 2 is 1.79 bits per heavy atom. The number of hydrogen-bond donors (Lipinski definition) is 1. The first kappa shape index (κ1) is 23.8. The van der Waals surface area contributed by atoms with Crippen molar-refractivity contribution in [2.24, 2.45) is 0 Å². The second kappa shape index (κ2) is 11.2. The van der Waals surface area contributed by atoms with Crippen molar-refractivity contribution in [3.05, 3.63) is 94.3 Å². The van der Waals surface area contributed by atoms with Crippen LogP contribution < -0.4 is 10.1 Å². The molecule has 3 aromatic carbocycles. The molecular formula is C28H30ClN3O2. The Hall–Kier alpha value is -3.31. The number of halogens is 1. The number of ether oxygens (including phenoxy) is 1. The molecule has 5 nitrogen and oxygen atoms in total. The van der Waals surface area contributed by atoms with Crippen molar-refractivity contribution >= 4 is 28.5 Å². The molecule has 0 aliphatic rings. The van der Waals surface area contributed by atoms with Crippen LogP contribution in [0.1, 0.15) is 40.2 Å². The highest BCUT2D eigenvalue weighted by Crippen LogP contribution is 2.19. The van der Waals surface area contributed by atoms with E-state index in [1.165, 1.54) is 11.1 Å². The van der Waals surface area contributed by atoms with Crippen LogP contribution >= 0.6 is 11.6 Å². The number of hydrogen-bond acceptors (Lipinski definition) is 3. The van der Waals surface area contributed by atoms with Gasteiger partial charge in [0.25, 0.3) is 5.91 Å². The first-order chi connectivity index (χ1) is 16.5. The van der Waals surface area contributed by atoms with E-state index >= 15 is 0 Å². The minimum Gasteiger partial charge on any atom is -0.494 e. The van der Waals surface area contributed by atoms with Gasteiger partial charge in [-0.1, -0.05) is 41.9 Å². The van der Waals surface area contributed by atoms with Crippen LogP contribution in [0.4, 0.5) is 0 Å². The fourth-order valence-corrected chi connectivity index (χ4v) is 4.18. The van der Waals surface area contributed by atoms with Gasteiger partial charge in [0.1, 0.15) is 11.6 Å². The third-order valence-electron chi connectivity index (χ3n) is 6.01. The molecule has 0 unspecified atom stereocenters. The van der Waals surface area contributed by atoms with Crippen molar-refractivity contribution in [3.8, 4) is 5.75 Å². The molecule has 0 bridgehead atoms. The summed E-state index contributed by atoms with van der Waals surface area (Å²) < 4.78 is 8.20. The average Bonchev–Trinajstić information content (AvgIpc) is 3.18. The second-order valence-corrected chi connectivity index (χ2v) is 8.86. The lowest BCUT2D eigenvalue weighted by Gasteiger charge is -2.11. The predicted molar refractivity (Wildman–Crippen MR) is 138 cm³/mol. The molecule has 1 amide bonds. The van der Waals surface area contributed by atoms with Crippen molar-refractivity contribution in [2.75, 3.05) is 13.2 Å². The molecule has 1 aromatic heterocycles. The van der Waals surface area contributed by atoms with Crippen LogP contribution in [0.25, 0.3) is 11.0 Å². The average molecular weight is 476 g/mol. The van der Waals surface area contributed by atoms with E-state index in [1.807, 2.05) is 36.4 Å². The molecule has 0 aliphatic heterocycles. The number of benzene rings is 3. The van der Waals surface area contributed by atoms with Gasteiger partial charge < -0.3 is 14.6 Å². The normalized spacial score (nSPS) is 11.0. The highest BCUT2D eigenvalue weighted by atomic mass is 35.5. The smallest absolute Gasteiger partial charge is 0.252 e. The van der Waals surface area contributed by atoms with E-state index < -0.39 is 0 Å². The summed E-state index contributed by atoms with van der Waals surface area (Å²) in [6.07, 6.45) is 2.57. The number of nitrogens with one attached hydrogen (secondary N) is 1. The Balaban J connectivity index is 1.34. The lowest BCUT2D eigenvalue weighted by molar-refractivity contribution is 0.0954. The van der Waals surface area contributed by atoms with Crippen LogP contribution in [0.5, 0.6) is 5.75 Å². The third-order valence-corrected chi connectivity index (χ3v) is 6.34. The van der Waals surface area contributed by atoms with Gasteiger partial charge in [0, 0.05) is 19.5 Å². The minimum atomic E-state index is -0.170. The van der Waals surface area contributed by atoms with Crippen LogP contribution in [0, 0.1) is 13.8 Å². The molecule has 0 spiro atoms. The Kier molecular flexibility index (Phi) is 7.86. The zero-order valence-corrected chi connectivity index (χ0v) is 20.4. The summed E-state index contributed by atoms with van der Waals surface area (Å²) in [6, 6.07) is 21.4. The maximum absolute atomic E-state index is 12.5. The van der Waals surface area contributed by atoms with E-state index in [1.54, 1.807) is 12.1 Å². The molecule has 0 fully saturated rings. The van der Waals surface area contributed by atoms with E-state index in [-0.39, 0.29) is 5.91 Å². The highest BCUT2D eigenvalue weighted by molar-refractivity contribution is 6.33. The maximum Gasteiger partial charge on any atom is 0.252 e. The van der Waals surface area contributed by atoms with Gasteiger partial charge in [-0.15, -0.1) is 0 Å². The van der Waals surface area contributed by atoms with Crippen molar-refractivity contribution in [1.82, 2.24) is 14.9 Å². The number of carbonyl (C=O) groups excluding carboxylic acids is 1. The fraction of sp³-hybridized carbons (Fsp3) is 0.286. The third kappa shape index (κ3) is 5.78. The van der Waals surface area contributed by atoms with Crippen LogP contribution in [0.2, 0.25) is 5.02 Å². The van der Waals surface area contributed by atoms with E-state index in [4.69, 9.17) is 21.3 Å². The summed E-state index contributed by atoms with van der Waals surface area (Å²) in [5.74, 6) is 1.72. The van der Waals surface area contributed by atoms with E-state index in [0.29, 0.717) is 30.2 Å². The first-order valence-electron chi connectivity index (χ1n) is 11.7. The molecule has 1 heterocycles. The second-order valence-electron chi connectivity index (χ2n) is 8.46. The van der Waals surface area contributed by atoms with Gasteiger partial charge in [-0.3, -0.25) is 4.79 Å². The zero-order chi connectivity index (χ0) is 23.9. The van der Waals surface area contributed by atoms with Gasteiger partial charge >= 0.3 is 0 Å². The molecule has 34 heavy (non-hydrogen) atoms. The van der Waals surface area contributed by atoms with Crippen LogP contribution in [-0.4, -0.2) is 28.6 Å². The first-order valence-corrected chi connectivity index (χ1v) is 12.1.